The molecule has 2 heterocycles. The summed E-state index contributed by atoms with van der Waals surface area (Å²) in [4.78, 5) is 5.07. The van der Waals surface area contributed by atoms with Crippen molar-refractivity contribution < 1.29 is 4.42 Å². The van der Waals surface area contributed by atoms with Gasteiger partial charge in [-0.05, 0) is 22.0 Å². The zero-order valence-electron chi connectivity index (χ0n) is 6.66. The average molecular weight is 259 g/mol. The molecule has 2 rings (SSSR count). The highest BCUT2D eigenvalue weighted by Crippen LogP contribution is 2.29. The Bertz CT molecular complexity index is 410. The van der Waals surface area contributed by atoms with E-state index in [1.807, 2.05) is 11.4 Å². The van der Waals surface area contributed by atoms with Gasteiger partial charge in [-0.1, -0.05) is 0 Å². The molecule has 0 aliphatic rings. The zero-order chi connectivity index (χ0) is 9.26. The highest BCUT2D eigenvalue weighted by atomic mass is 79.9. The first-order valence-corrected chi connectivity index (χ1v) is 5.36. The molecular weight excluding hydrogens is 252 g/mol. The summed E-state index contributed by atoms with van der Waals surface area (Å²) < 4.78 is 6.44. The van der Waals surface area contributed by atoms with Gasteiger partial charge in [-0.2, -0.15) is 0 Å². The van der Waals surface area contributed by atoms with Gasteiger partial charge in [0.1, 0.15) is 0 Å². The van der Waals surface area contributed by atoms with E-state index in [0.717, 1.165) is 15.1 Å². The zero-order valence-corrected chi connectivity index (χ0v) is 9.06. The van der Waals surface area contributed by atoms with E-state index < -0.39 is 0 Å². The molecule has 0 amide bonds. The second-order valence-electron chi connectivity index (χ2n) is 2.45. The summed E-state index contributed by atoms with van der Waals surface area (Å²) in [6, 6.07) is 1.99. The summed E-state index contributed by atoms with van der Waals surface area (Å²) in [5.74, 6) is 1.34. The van der Waals surface area contributed by atoms with Crippen molar-refractivity contribution >= 4 is 27.3 Å². The number of rotatable bonds is 2. The summed E-state index contributed by atoms with van der Waals surface area (Å²) >= 11 is 4.98. The third kappa shape index (κ3) is 1.82. The molecule has 0 saturated heterocycles. The molecule has 0 fully saturated rings. The standard InChI is InChI=1S/C8H7BrN2OS/c9-5-1-7(13-4-5)6-3-11-8(2-10)12-6/h1,3-4H,2,10H2. The molecule has 0 spiro atoms. The Morgan fingerprint density at radius 1 is 1.62 bits per heavy atom. The fourth-order valence-electron chi connectivity index (χ4n) is 0.961. The van der Waals surface area contributed by atoms with Crippen molar-refractivity contribution in [3.05, 3.63) is 28.0 Å². The van der Waals surface area contributed by atoms with Crippen molar-refractivity contribution in [2.45, 2.75) is 6.54 Å². The van der Waals surface area contributed by atoms with Crippen LogP contribution in [0, 0.1) is 0 Å². The normalized spacial score (nSPS) is 10.6. The predicted molar refractivity (Wildman–Crippen MR) is 55.4 cm³/mol. The van der Waals surface area contributed by atoms with Crippen molar-refractivity contribution in [1.82, 2.24) is 4.98 Å². The number of oxazole rings is 1. The van der Waals surface area contributed by atoms with E-state index in [9.17, 15) is 0 Å². The molecule has 0 aliphatic carbocycles. The fourth-order valence-corrected chi connectivity index (χ4v) is 2.33. The second-order valence-corrected chi connectivity index (χ2v) is 4.28. The maximum absolute atomic E-state index is 5.39. The molecule has 0 aromatic carbocycles. The third-order valence-electron chi connectivity index (χ3n) is 1.54. The van der Waals surface area contributed by atoms with Gasteiger partial charge in [0.25, 0.3) is 0 Å². The first-order valence-electron chi connectivity index (χ1n) is 3.69. The van der Waals surface area contributed by atoms with Crippen LogP contribution >= 0.6 is 27.3 Å². The minimum atomic E-state index is 0.340. The minimum Gasteiger partial charge on any atom is -0.438 e. The monoisotopic (exact) mass is 258 g/mol. The number of nitrogens with two attached hydrogens (primary N) is 1. The van der Waals surface area contributed by atoms with Crippen molar-refractivity contribution in [3.63, 3.8) is 0 Å². The molecule has 0 unspecified atom stereocenters. The lowest BCUT2D eigenvalue weighted by Crippen LogP contribution is -1.94. The highest BCUT2D eigenvalue weighted by molar-refractivity contribution is 9.10. The maximum Gasteiger partial charge on any atom is 0.208 e. The number of hydrogen-bond acceptors (Lipinski definition) is 4. The summed E-state index contributed by atoms with van der Waals surface area (Å²) in [5.41, 5.74) is 5.38. The molecule has 13 heavy (non-hydrogen) atoms. The van der Waals surface area contributed by atoms with Gasteiger partial charge < -0.3 is 10.2 Å². The van der Waals surface area contributed by atoms with E-state index >= 15 is 0 Å². The van der Waals surface area contributed by atoms with Gasteiger partial charge in [0.2, 0.25) is 5.89 Å². The van der Waals surface area contributed by atoms with Crippen LogP contribution in [0.25, 0.3) is 10.6 Å². The fraction of sp³-hybridized carbons (Fsp3) is 0.125. The Balaban J connectivity index is 2.35. The molecule has 0 radical (unpaired) electrons. The van der Waals surface area contributed by atoms with Gasteiger partial charge in [-0.15, -0.1) is 11.3 Å². The molecular formula is C8H7BrN2OS. The Kier molecular flexibility index (Phi) is 2.48. The van der Waals surface area contributed by atoms with Crippen molar-refractivity contribution in [2.24, 2.45) is 5.73 Å². The lowest BCUT2D eigenvalue weighted by Gasteiger charge is -1.87. The average Bonchev–Trinajstić information content (AvgIpc) is 2.71. The van der Waals surface area contributed by atoms with Crippen molar-refractivity contribution in [3.8, 4) is 10.6 Å². The van der Waals surface area contributed by atoms with Crippen molar-refractivity contribution in [2.75, 3.05) is 0 Å². The summed E-state index contributed by atoms with van der Waals surface area (Å²) in [7, 11) is 0. The molecule has 0 aliphatic heterocycles. The molecule has 2 aromatic rings. The second kappa shape index (κ2) is 3.61. The first kappa shape index (κ1) is 8.93. The van der Waals surface area contributed by atoms with Crippen LogP contribution in [-0.4, -0.2) is 4.98 Å². The van der Waals surface area contributed by atoms with Crippen LogP contribution in [0.15, 0.2) is 26.5 Å². The van der Waals surface area contributed by atoms with E-state index in [-0.39, 0.29) is 0 Å². The Hall–Kier alpha value is -0.650. The quantitative estimate of drug-likeness (QED) is 0.901. The summed E-state index contributed by atoms with van der Waals surface area (Å²) in [6.45, 7) is 0.340. The molecule has 3 nitrogen and oxygen atoms in total. The Morgan fingerprint density at radius 2 is 2.46 bits per heavy atom. The van der Waals surface area contributed by atoms with Crippen LogP contribution in [0.5, 0.6) is 0 Å². The van der Waals surface area contributed by atoms with Gasteiger partial charge in [-0.25, -0.2) is 4.98 Å². The van der Waals surface area contributed by atoms with Crippen molar-refractivity contribution in [1.29, 1.82) is 0 Å². The summed E-state index contributed by atoms with van der Waals surface area (Å²) in [6.07, 6.45) is 1.69. The number of aromatic nitrogens is 1. The number of nitrogens with zero attached hydrogens (tertiary/aromatic N) is 1. The van der Waals surface area contributed by atoms with Gasteiger partial charge in [0.15, 0.2) is 5.76 Å². The number of hydrogen-bond donors (Lipinski definition) is 1. The number of halogens is 1. The molecule has 2 N–H and O–H groups in total. The molecule has 0 bridgehead atoms. The highest BCUT2D eigenvalue weighted by Gasteiger charge is 2.06. The van der Waals surface area contributed by atoms with E-state index in [0.29, 0.717) is 12.4 Å². The van der Waals surface area contributed by atoms with Crippen LogP contribution in [0.1, 0.15) is 5.89 Å². The minimum absolute atomic E-state index is 0.340. The van der Waals surface area contributed by atoms with Crippen LogP contribution in [0.4, 0.5) is 0 Å². The van der Waals surface area contributed by atoms with Gasteiger partial charge >= 0.3 is 0 Å². The maximum atomic E-state index is 5.39. The predicted octanol–water partition coefficient (Wildman–Crippen LogP) is 2.62. The molecule has 68 valence electrons. The molecule has 5 heteroatoms. The smallest absolute Gasteiger partial charge is 0.208 e. The molecule has 2 aromatic heterocycles. The first-order chi connectivity index (χ1) is 6.29. The van der Waals surface area contributed by atoms with E-state index in [4.69, 9.17) is 10.2 Å². The lowest BCUT2D eigenvalue weighted by molar-refractivity contribution is 0.510. The third-order valence-corrected chi connectivity index (χ3v) is 3.24. The topological polar surface area (TPSA) is 52.0 Å². The van der Waals surface area contributed by atoms with E-state index in [2.05, 4.69) is 20.9 Å². The van der Waals surface area contributed by atoms with Gasteiger partial charge in [0, 0.05) is 9.85 Å². The largest absolute Gasteiger partial charge is 0.438 e. The Labute approximate surface area is 87.7 Å². The SMILES string of the molecule is NCc1ncc(-c2cc(Br)cs2)o1. The van der Waals surface area contributed by atoms with E-state index in [1.165, 1.54) is 0 Å². The van der Waals surface area contributed by atoms with Gasteiger partial charge in [0.05, 0.1) is 17.6 Å². The summed E-state index contributed by atoms with van der Waals surface area (Å²) in [5, 5.41) is 2.00. The Morgan fingerprint density at radius 3 is 3.00 bits per heavy atom. The van der Waals surface area contributed by atoms with Gasteiger partial charge in [-0.3, -0.25) is 0 Å². The molecule has 0 atom stereocenters. The van der Waals surface area contributed by atoms with Crippen LogP contribution in [-0.2, 0) is 6.54 Å². The van der Waals surface area contributed by atoms with Crippen LogP contribution < -0.4 is 5.73 Å². The number of thiophene rings is 1. The van der Waals surface area contributed by atoms with E-state index in [1.54, 1.807) is 17.5 Å². The lowest BCUT2D eigenvalue weighted by atomic mass is 10.4. The molecule has 0 saturated carbocycles. The van der Waals surface area contributed by atoms with Crippen LogP contribution in [0.2, 0.25) is 0 Å². The van der Waals surface area contributed by atoms with Crippen LogP contribution in [0.3, 0.4) is 0 Å².